The highest BCUT2D eigenvalue weighted by Crippen LogP contribution is 2.32. The Morgan fingerprint density at radius 2 is 1.58 bits per heavy atom. The van der Waals surface area contributed by atoms with Crippen molar-refractivity contribution in [2.75, 3.05) is 28.6 Å². The van der Waals surface area contributed by atoms with Gasteiger partial charge in [-0.1, -0.05) is 54.1 Å². The van der Waals surface area contributed by atoms with Crippen molar-refractivity contribution >= 4 is 29.1 Å². The second kappa shape index (κ2) is 9.77. The van der Waals surface area contributed by atoms with E-state index in [0.717, 1.165) is 23.1 Å². The molecule has 2 N–H and O–H groups in total. The smallest absolute Gasteiger partial charge is 0.318 e. The number of rotatable bonds is 5. The van der Waals surface area contributed by atoms with E-state index in [2.05, 4.69) is 17.6 Å². The summed E-state index contributed by atoms with van der Waals surface area (Å²) in [6.45, 7) is 7.33. The van der Waals surface area contributed by atoms with Gasteiger partial charge in [0.05, 0.1) is 17.4 Å². The second-order valence-electron chi connectivity index (χ2n) is 8.53. The predicted molar refractivity (Wildman–Crippen MR) is 134 cm³/mol. The lowest BCUT2D eigenvalue weighted by Crippen LogP contribution is -2.50. The van der Waals surface area contributed by atoms with Crippen LogP contribution < -0.4 is 15.5 Å². The predicted octanol–water partition coefficient (Wildman–Crippen LogP) is 6.34. The molecule has 6 nitrogen and oxygen atoms in total. The van der Waals surface area contributed by atoms with Gasteiger partial charge in [0, 0.05) is 18.8 Å². The standard InChI is InChI=1S/C27H30N4O2/c1-19-10-13-23(14-11-19)28-26(32)29-24-18-20(2)12-15-25(24)31-17-7-16-30(27(31)33)21(3)22-8-5-4-6-9-22/h4-6,8-15,18,21H,7,16-17H2,1-3H3,(H2,28,29,32)/t21-/m1/s1. The molecule has 4 amide bonds. The summed E-state index contributed by atoms with van der Waals surface area (Å²) in [7, 11) is 0. The second-order valence-corrected chi connectivity index (χ2v) is 8.53. The van der Waals surface area contributed by atoms with E-state index in [1.807, 2.05) is 91.5 Å². The maximum absolute atomic E-state index is 13.5. The Labute approximate surface area is 195 Å². The van der Waals surface area contributed by atoms with E-state index in [0.29, 0.717) is 30.2 Å². The van der Waals surface area contributed by atoms with Crippen LogP contribution in [0.25, 0.3) is 0 Å². The van der Waals surface area contributed by atoms with E-state index < -0.39 is 0 Å². The Balaban J connectivity index is 1.55. The molecule has 0 aliphatic carbocycles. The molecule has 3 aromatic carbocycles. The summed E-state index contributed by atoms with van der Waals surface area (Å²) < 4.78 is 0. The molecule has 6 heteroatoms. The lowest BCUT2D eigenvalue weighted by atomic mass is 10.1. The molecule has 1 atom stereocenters. The van der Waals surface area contributed by atoms with Crippen molar-refractivity contribution in [3.63, 3.8) is 0 Å². The third-order valence-corrected chi connectivity index (χ3v) is 6.01. The summed E-state index contributed by atoms with van der Waals surface area (Å²) >= 11 is 0. The van der Waals surface area contributed by atoms with Crippen LogP contribution in [0.1, 0.15) is 36.1 Å². The maximum atomic E-state index is 13.5. The van der Waals surface area contributed by atoms with Crippen LogP contribution in [0.3, 0.4) is 0 Å². The van der Waals surface area contributed by atoms with Crippen LogP contribution in [0.5, 0.6) is 0 Å². The molecule has 0 saturated carbocycles. The van der Waals surface area contributed by atoms with E-state index in [4.69, 9.17) is 0 Å². The number of aryl methyl sites for hydroxylation is 2. The highest BCUT2D eigenvalue weighted by molar-refractivity contribution is 6.04. The number of nitrogens with one attached hydrogen (secondary N) is 2. The highest BCUT2D eigenvalue weighted by atomic mass is 16.2. The van der Waals surface area contributed by atoms with Crippen molar-refractivity contribution in [3.8, 4) is 0 Å². The zero-order chi connectivity index (χ0) is 23.4. The van der Waals surface area contributed by atoms with Crippen LogP contribution in [0, 0.1) is 13.8 Å². The van der Waals surface area contributed by atoms with E-state index in [1.165, 1.54) is 0 Å². The first-order valence-corrected chi connectivity index (χ1v) is 11.3. The van der Waals surface area contributed by atoms with Crippen LogP contribution in [-0.2, 0) is 0 Å². The largest absolute Gasteiger partial charge is 0.325 e. The average Bonchev–Trinajstić information content (AvgIpc) is 2.81. The van der Waals surface area contributed by atoms with Crippen molar-refractivity contribution in [2.45, 2.75) is 33.2 Å². The fraction of sp³-hybridized carbons (Fsp3) is 0.259. The first kappa shape index (κ1) is 22.4. The summed E-state index contributed by atoms with van der Waals surface area (Å²) in [6.07, 6.45) is 0.853. The zero-order valence-electron chi connectivity index (χ0n) is 19.3. The minimum Gasteiger partial charge on any atom is -0.318 e. The number of carbonyl (C=O) groups excluding carboxylic acids is 2. The maximum Gasteiger partial charge on any atom is 0.325 e. The lowest BCUT2D eigenvalue weighted by molar-refractivity contribution is 0.175. The molecule has 4 rings (SSSR count). The summed E-state index contributed by atoms with van der Waals surface area (Å²) in [5.74, 6) is 0. The molecule has 0 bridgehead atoms. The molecule has 0 aromatic heterocycles. The quantitative estimate of drug-likeness (QED) is 0.484. The Hall–Kier alpha value is -3.80. The minimum absolute atomic E-state index is 0.0341. The van der Waals surface area contributed by atoms with E-state index in [-0.39, 0.29) is 18.1 Å². The van der Waals surface area contributed by atoms with Gasteiger partial charge in [0.2, 0.25) is 0 Å². The molecule has 170 valence electrons. The fourth-order valence-corrected chi connectivity index (χ4v) is 4.15. The Bertz CT molecular complexity index is 1130. The number of anilines is 3. The summed E-state index contributed by atoms with van der Waals surface area (Å²) in [5.41, 5.74) is 5.26. The molecule has 33 heavy (non-hydrogen) atoms. The zero-order valence-corrected chi connectivity index (χ0v) is 19.3. The molecule has 1 heterocycles. The van der Waals surface area contributed by atoms with Crippen molar-refractivity contribution in [1.82, 2.24) is 4.90 Å². The first-order valence-electron chi connectivity index (χ1n) is 11.3. The van der Waals surface area contributed by atoms with Crippen molar-refractivity contribution in [2.24, 2.45) is 0 Å². The Morgan fingerprint density at radius 3 is 2.30 bits per heavy atom. The third kappa shape index (κ3) is 5.17. The van der Waals surface area contributed by atoms with Gasteiger partial charge in [0.25, 0.3) is 0 Å². The fourth-order valence-electron chi connectivity index (χ4n) is 4.15. The number of carbonyl (C=O) groups is 2. The number of hydrogen-bond acceptors (Lipinski definition) is 2. The Morgan fingerprint density at radius 1 is 0.879 bits per heavy atom. The molecule has 0 radical (unpaired) electrons. The molecular weight excluding hydrogens is 412 g/mol. The topological polar surface area (TPSA) is 64.7 Å². The SMILES string of the molecule is Cc1ccc(NC(=O)Nc2cc(C)ccc2N2CCCN([C@H](C)c3ccccc3)C2=O)cc1. The van der Waals surface area contributed by atoms with Gasteiger partial charge in [-0.15, -0.1) is 0 Å². The molecule has 1 saturated heterocycles. The van der Waals surface area contributed by atoms with Crippen LogP contribution in [0.15, 0.2) is 72.8 Å². The van der Waals surface area contributed by atoms with Crippen LogP contribution in [0.2, 0.25) is 0 Å². The van der Waals surface area contributed by atoms with Gasteiger partial charge >= 0.3 is 12.1 Å². The lowest BCUT2D eigenvalue weighted by Gasteiger charge is -2.39. The Kier molecular flexibility index (Phi) is 6.63. The van der Waals surface area contributed by atoms with Crippen molar-refractivity contribution in [1.29, 1.82) is 0 Å². The van der Waals surface area contributed by atoms with Gasteiger partial charge in [0.15, 0.2) is 0 Å². The summed E-state index contributed by atoms with van der Waals surface area (Å²) in [4.78, 5) is 29.9. The number of hydrogen-bond donors (Lipinski definition) is 2. The van der Waals surface area contributed by atoms with E-state index in [1.54, 1.807) is 4.90 Å². The van der Waals surface area contributed by atoms with E-state index >= 15 is 0 Å². The van der Waals surface area contributed by atoms with Crippen LogP contribution in [0.4, 0.5) is 26.7 Å². The molecule has 0 spiro atoms. The number of nitrogens with zero attached hydrogens (tertiary/aromatic N) is 2. The molecule has 1 aliphatic heterocycles. The highest BCUT2D eigenvalue weighted by Gasteiger charge is 2.32. The van der Waals surface area contributed by atoms with Gasteiger partial charge in [-0.3, -0.25) is 4.90 Å². The number of amides is 4. The van der Waals surface area contributed by atoms with Crippen molar-refractivity contribution in [3.05, 3.63) is 89.5 Å². The first-order chi connectivity index (χ1) is 15.9. The third-order valence-electron chi connectivity index (χ3n) is 6.01. The normalized spacial score (nSPS) is 14.7. The van der Waals surface area contributed by atoms with Crippen LogP contribution >= 0.6 is 0 Å². The van der Waals surface area contributed by atoms with Crippen LogP contribution in [-0.4, -0.2) is 30.1 Å². The van der Waals surface area contributed by atoms with E-state index in [9.17, 15) is 9.59 Å². The monoisotopic (exact) mass is 442 g/mol. The van der Waals surface area contributed by atoms with Crippen molar-refractivity contribution < 1.29 is 9.59 Å². The minimum atomic E-state index is -0.343. The summed E-state index contributed by atoms with van der Waals surface area (Å²) in [6, 6.07) is 23.0. The van der Waals surface area contributed by atoms with Gasteiger partial charge in [-0.25, -0.2) is 9.59 Å². The molecule has 3 aromatic rings. The molecule has 0 unspecified atom stereocenters. The molecular formula is C27H30N4O2. The average molecular weight is 443 g/mol. The molecule has 1 aliphatic rings. The van der Waals surface area contributed by atoms with Gasteiger partial charge < -0.3 is 15.5 Å². The van der Waals surface area contributed by atoms with Gasteiger partial charge in [0.1, 0.15) is 0 Å². The van der Waals surface area contributed by atoms with Gasteiger partial charge in [-0.2, -0.15) is 0 Å². The summed E-state index contributed by atoms with van der Waals surface area (Å²) in [5, 5.41) is 5.81. The number of benzene rings is 3. The van der Waals surface area contributed by atoms with Gasteiger partial charge in [-0.05, 0) is 62.6 Å². The molecule has 1 fully saturated rings. The number of urea groups is 2.